The summed E-state index contributed by atoms with van der Waals surface area (Å²) in [6.45, 7) is 2.19. The molecular formula is C27H27ClF6N6O. The SMILES string of the molecule is CN1CCN(c2c(C(=O)N3CCCC3c3ccccc3Cl)nnn2Cc2cc(C(F)(F)F)cc(C(F)(F)F)c2)CC1. The van der Waals surface area contributed by atoms with Crippen molar-refractivity contribution >= 4 is 23.3 Å². The zero-order chi connectivity index (χ0) is 29.5. The molecule has 0 spiro atoms. The number of hydrogen-bond donors (Lipinski definition) is 0. The number of aromatic nitrogens is 3. The Kier molecular flexibility index (Phi) is 7.94. The number of amides is 1. The highest BCUT2D eigenvalue weighted by Gasteiger charge is 2.38. The average molecular weight is 601 g/mol. The molecule has 0 radical (unpaired) electrons. The summed E-state index contributed by atoms with van der Waals surface area (Å²) >= 11 is 6.43. The molecule has 2 aliphatic heterocycles. The van der Waals surface area contributed by atoms with Gasteiger partial charge < -0.3 is 14.7 Å². The first-order valence-corrected chi connectivity index (χ1v) is 13.4. The molecule has 1 aromatic heterocycles. The molecule has 0 N–H and O–H groups in total. The molecule has 0 saturated carbocycles. The van der Waals surface area contributed by atoms with E-state index >= 15 is 0 Å². The van der Waals surface area contributed by atoms with Gasteiger partial charge in [0.25, 0.3) is 5.91 Å². The molecule has 14 heteroatoms. The third kappa shape index (κ3) is 6.15. The van der Waals surface area contributed by atoms with E-state index in [2.05, 4.69) is 15.2 Å². The van der Waals surface area contributed by atoms with Crippen molar-refractivity contribution in [3.05, 3.63) is 75.4 Å². The second-order valence-electron chi connectivity index (χ2n) is 10.3. The van der Waals surface area contributed by atoms with E-state index in [1.807, 2.05) is 24.1 Å². The van der Waals surface area contributed by atoms with Gasteiger partial charge in [0.05, 0.1) is 23.7 Å². The molecular weight excluding hydrogens is 574 g/mol. The lowest BCUT2D eigenvalue weighted by molar-refractivity contribution is -0.143. The highest BCUT2D eigenvalue weighted by Crippen LogP contribution is 2.39. The van der Waals surface area contributed by atoms with Crippen molar-refractivity contribution in [2.45, 2.75) is 37.8 Å². The van der Waals surface area contributed by atoms with Crippen molar-refractivity contribution in [2.24, 2.45) is 0 Å². The predicted octanol–water partition coefficient (Wildman–Crippen LogP) is 5.75. The Morgan fingerprint density at radius 1 is 0.951 bits per heavy atom. The molecule has 1 unspecified atom stereocenters. The van der Waals surface area contributed by atoms with Gasteiger partial charge in [-0.2, -0.15) is 26.3 Å². The van der Waals surface area contributed by atoms with Crippen molar-refractivity contribution < 1.29 is 31.1 Å². The molecule has 2 aromatic carbocycles. The second-order valence-corrected chi connectivity index (χ2v) is 10.7. The maximum absolute atomic E-state index is 13.9. The number of piperazine rings is 1. The fraction of sp³-hybridized carbons (Fsp3) is 0.444. The summed E-state index contributed by atoms with van der Waals surface area (Å²) < 4.78 is 82.2. The Bertz CT molecular complexity index is 1380. The number of hydrogen-bond acceptors (Lipinski definition) is 5. The first-order chi connectivity index (χ1) is 19.3. The van der Waals surface area contributed by atoms with Crippen LogP contribution in [-0.2, 0) is 18.9 Å². The van der Waals surface area contributed by atoms with Gasteiger partial charge in [0.1, 0.15) is 0 Å². The lowest BCUT2D eigenvalue weighted by Gasteiger charge is -2.34. The predicted molar refractivity (Wildman–Crippen MR) is 140 cm³/mol. The van der Waals surface area contributed by atoms with E-state index in [4.69, 9.17) is 11.6 Å². The Labute approximate surface area is 237 Å². The van der Waals surface area contributed by atoms with Crippen molar-refractivity contribution in [1.82, 2.24) is 24.8 Å². The van der Waals surface area contributed by atoms with Crippen molar-refractivity contribution in [1.29, 1.82) is 0 Å². The van der Waals surface area contributed by atoms with Crippen molar-refractivity contribution in [2.75, 3.05) is 44.7 Å². The van der Waals surface area contributed by atoms with Gasteiger partial charge >= 0.3 is 12.4 Å². The number of carbonyl (C=O) groups excluding carboxylic acids is 1. The number of nitrogens with zero attached hydrogens (tertiary/aromatic N) is 6. The minimum Gasteiger partial charge on any atom is -0.352 e. The average Bonchev–Trinajstić information content (AvgIpc) is 3.56. The molecule has 0 bridgehead atoms. The molecule has 2 saturated heterocycles. The fourth-order valence-corrected chi connectivity index (χ4v) is 5.64. The minimum atomic E-state index is -4.98. The standard InChI is InChI=1S/C27H27ClF6N6O/c1-37-9-11-38(12-10-37)24-23(25(41)39-8-4-7-22(39)20-5-2-3-6-21(20)28)35-36-40(24)16-17-13-18(26(29,30)31)15-19(14-17)27(32,33)34/h2-3,5-6,13-15,22H,4,7-12,16H2,1H3. The highest BCUT2D eigenvalue weighted by atomic mass is 35.5. The number of benzene rings is 2. The number of anilines is 1. The monoisotopic (exact) mass is 600 g/mol. The van der Waals surface area contributed by atoms with Crippen LogP contribution in [0.2, 0.25) is 5.02 Å². The van der Waals surface area contributed by atoms with Crippen LogP contribution in [0.5, 0.6) is 0 Å². The van der Waals surface area contributed by atoms with E-state index in [-0.39, 0.29) is 29.2 Å². The number of alkyl halides is 6. The van der Waals surface area contributed by atoms with Gasteiger partial charge in [0, 0.05) is 37.7 Å². The molecule has 2 aliphatic rings. The molecule has 0 aliphatic carbocycles. The summed E-state index contributed by atoms with van der Waals surface area (Å²) in [4.78, 5) is 19.5. The van der Waals surface area contributed by atoms with E-state index in [0.29, 0.717) is 56.3 Å². The molecule has 1 amide bonds. The third-order valence-electron chi connectivity index (χ3n) is 7.47. The minimum absolute atomic E-state index is 0.00322. The smallest absolute Gasteiger partial charge is 0.352 e. The first-order valence-electron chi connectivity index (χ1n) is 13.0. The quantitative estimate of drug-likeness (QED) is 0.349. The van der Waals surface area contributed by atoms with Crippen LogP contribution in [0.4, 0.5) is 32.2 Å². The molecule has 3 aromatic rings. The molecule has 5 rings (SSSR count). The summed E-state index contributed by atoms with van der Waals surface area (Å²) in [5.74, 6) is -0.161. The zero-order valence-electron chi connectivity index (χ0n) is 22.0. The lowest BCUT2D eigenvalue weighted by Crippen LogP contribution is -2.46. The van der Waals surface area contributed by atoms with Crippen LogP contribution in [-0.4, -0.2) is 70.5 Å². The van der Waals surface area contributed by atoms with Crippen LogP contribution in [0, 0.1) is 0 Å². The Hall–Kier alpha value is -3.32. The van der Waals surface area contributed by atoms with Crippen LogP contribution in [0.3, 0.4) is 0 Å². The largest absolute Gasteiger partial charge is 0.416 e. The molecule has 220 valence electrons. The Morgan fingerprint density at radius 2 is 1.59 bits per heavy atom. The second kappa shape index (κ2) is 11.2. The maximum atomic E-state index is 13.9. The Balaban J connectivity index is 1.54. The van der Waals surface area contributed by atoms with Crippen LogP contribution in [0.1, 0.15) is 51.6 Å². The van der Waals surface area contributed by atoms with E-state index in [1.165, 1.54) is 4.68 Å². The third-order valence-corrected chi connectivity index (χ3v) is 7.82. The van der Waals surface area contributed by atoms with Crippen LogP contribution >= 0.6 is 11.6 Å². The van der Waals surface area contributed by atoms with Crippen molar-refractivity contribution in [3.8, 4) is 0 Å². The summed E-state index contributed by atoms with van der Waals surface area (Å²) in [7, 11) is 1.93. The Morgan fingerprint density at radius 3 is 2.20 bits per heavy atom. The first kappa shape index (κ1) is 29.2. The van der Waals surface area contributed by atoms with Gasteiger partial charge in [-0.25, -0.2) is 4.68 Å². The van der Waals surface area contributed by atoms with Gasteiger partial charge in [-0.3, -0.25) is 4.79 Å². The molecule has 3 heterocycles. The van der Waals surface area contributed by atoms with E-state index < -0.39 is 35.9 Å². The number of carbonyl (C=O) groups is 1. The fourth-order valence-electron chi connectivity index (χ4n) is 5.38. The topological polar surface area (TPSA) is 57.5 Å². The number of halogens is 7. The van der Waals surface area contributed by atoms with E-state index in [9.17, 15) is 31.1 Å². The summed E-state index contributed by atoms with van der Waals surface area (Å²) in [6, 6.07) is 8.33. The number of likely N-dealkylation sites (tertiary alicyclic amines) is 1. The summed E-state index contributed by atoms with van der Waals surface area (Å²) in [5.41, 5.74) is -2.31. The van der Waals surface area contributed by atoms with Gasteiger partial charge in [-0.05, 0) is 55.3 Å². The van der Waals surface area contributed by atoms with E-state index in [1.54, 1.807) is 17.0 Å². The molecule has 2 fully saturated rings. The summed E-state index contributed by atoms with van der Waals surface area (Å²) in [6.07, 6.45) is -8.56. The van der Waals surface area contributed by atoms with Crippen molar-refractivity contribution in [3.63, 3.8) is 0 Å². The van der Waals surface area contributed by atoms with Gasteiger partial charge in [0.15, 0.2) is 11.5 Å². The lowest BCUT2D eigenvalue weighted by atomic mass is 10.0. The highest BCUT2D eigenvalue weighted by molar-refractivity contribution is 6.31. The van der Waals surface area contributed by atoms with Gasteiger partial charge in [-0.15, -0.1) is 5.10 Å². The van der Waals surface area contributed by atoms with Gasteiger partial charge in [-0.1, -0.05) is 35.0 Å². The molecule has 41 heavy (non-hydrogen) atoms. The molecule has 1 atom stereocenters. The van der Waals surface area contributed by atoms with Crippen LogP contribution in [0.25, 0.3) is 0 Å². The number of likely N-dealkylation sites (N-methyl/N-ethyl adjacent to an activating group) is 1. The normalized spacial score (nSPS) is 18.8. The van der Waals surface area contributed by atoms with Crippen LogP contribution < -0.4 is 4.90 Å². The molecule has 7 nitrogen and oxygen atoms in total. The maximum Gasteiger partial charge on any atom is 0.416 e. The van der Waals surface area contributed by atoms with Gasteiger partial charge in [0.2, 0.25) is 0 Å². The van der Waals surface area contributed by atoms with E-state index in [0.717, 1.165) is 12.0 Å². The number of rotatable bonds is 5. The summed E-state index contributed by atoms with van der Waals surface area (Å²) in [5, 5.41) is 8.72. The zero-order valence-corrected chi connectivity index (χ0v) is 22.8. The van der Waals surface area contributed by atoms with Crippen LogP contribution in [0.15, 0.2) is 42.5 Å².